The molecule has 0 spiro atoms. The number of alkyl halides is 3. The van der Waals surface area contributed by atoms with Crippen LogP contribution in [0.5, 0.6) is 0 Å². The van der Waals surface area contributed by atoms with Gasteiger partial charge in [0.25, 0.3) is 10.1 Å². The lowest BCUT2D eigenvalue weighted by Gasteiger charge is -2.05. The Morgan fingerprint density at radius 2 is 1.83 bits per heavy atom. The van der Waals surface area contributed by atoms with Gasteiger partial charge in [-0.05, 0) is 6.42 Å². The predicted octanol–water partition coefficient (Wildman–Crippen LogP) is 1.19. The normalized spacial score (nSPS) is 13.3. The average Bonchev–Trinajstić information content (AvgIpc) is 1.83. The molecule has 0 aromatic rings. The zero-order valence-electron chi connectivity index (χ0n) is 6.09. The van der Waals surface area contributed by atoms with Crippen LogP contribution in [0.1, 0.15) is 13.3 Å². The summed E-state index contributed by atoms with van der Waals surface area (Å²) in [6.45, 7) is 1.48. The second kappa shape index (κ2) is 4.06. The molecule has 0 atom stereocenters. The van der Waals surface area contributed by atoms with Gasteiger partial charge in [-0.15, -0.1) is 18.1 Å². The molecule has 4 nitrogen and oxygen atoms in total. The Balaban J connectivity index is 3.94. The van der Waals surface area contributed by atoms with Crippen molar-refractivity contribution >= 4 is 10.1 Å². The Morgan fingerprint density at radius 1 is 1.33 bits per heavy atom. The van der Waals surface area contributed by atoms with Crippen LogP contribution in [0.2, 0.25) is 0 Å². The van der Waals surface area contributed by atoms with Crippen LogP contribution in [0.4, 0.5) is 13.2 Å². The van der Waals surface area contributed by atoms with Gasteiger partial charge in [0.2, 0.25) is 0 Å². The highest BCUT2D eigenvalue weighted by atomic mass is 32.2. The van der Waals surface area contributed by atoms with Crippen molar-refractivity contribution in [2.75, 3.05) is 5.75 Å². The Hall–Kier alpha value is -0.340. The van der Waals surface area contributed by atoms with Crippen molar-refractivity contribution in [2.45, 2.75) is 19.7 Å². The predicted molar refractivity (Wildman–Crippen MR) is 32.3 cm³/mol. The molecule has 0 saturated carbocycles. The fourth-order valence-corrected chi connectivity index (χ4v) is 1.12. The smallest absolute Gasteiger partial charge is 0.197 e. The minimum atomic E-state index is -5.10. The van der Waals surface area contributed by atoms with E-state index >= 15 is 0 Å². The standard InChI is InChI=1S/C4H7F3O4S/c1-2-3-12(8,9)11-10-4(5,6)7/h2-3H2,1H3. The van der Waals surface area contributed by atoms with E-state index in [4.69, 9.17) is 0 Å². The summed E-state index contributed by atoms with van der Waals surface area (Å²) < 4.78 is 57.7. The maximum atomic E-state index is 11.2. The van der Waals surface area contributed by atoms with Crippen LogP contribution < -0.4 is 0 Å². The highest BCUT2D eigenvalue weighted by Crippen LogP contribution is 2.17. The lowest BCUT2D eigenvalue weighted by molar-refractivity contribution is -0.443. The summed E-state index contributed by atoms with van der Waals surface area (Å²) in [5.74, 6) is -0.511. The van der Waals surface area contributed by atoms with Gasteiger partial charge in [-0.25, -0.2) is 0 Å². The maximum absolute atomic E-state index is 11.2. The quantitative estimate of drug-likeness (QED) is 0.514. The minimum Gasteiger partial charge on any atom is -0.197 e. The number of hydrogen-bond acceptors (Lipinski definition) is 4. The summed E-state index contributed by atoms with van der Waals surface area (Å²) in [5, 5.41) is 0. The summed E-state index contributed by atoms with van der Waals surface area (Å²) in [6.07, 6.45) is -4.94. The van der Waals surface area contributed by atoms with Crippen LogP contribution >= 0.6 is 0 Å². The van der Waals surface area contributed by atoms with Crippen LogP contribution in [-0.4, -0.2) is 20.5 Å². The van der Waals surface area contributed by atoms with Crippen molar-refractivity contribution in [2.24, 2.45) is 0 Å². The molecule has 0 rings (SSSR count). The van der Waals surface area contributed by atoms with Crippen molar-refractivity contribution in [3.63, 3.8) is 0 Å². The fraction of sp³-hybridized carbons (Fsp3) is 1.00. The van der Waals surface area contributed by atoms with Crippen LogP contribution in [-0.2, 0) is 19.3 Å². The third kappa shape index (κ3) is 6.38. The molecule has 0 bridgehead atoms. The van der Waals surface area contributed by atoms with Gasteiger partial charge in [-0.3, -0.25) is 0 Å². The first-order valence-corrected chi connectivity index (χ1v) is 4.51. The van der Waals surface area contributed by atoms with Gasteiger partial charge in [0.15, 0.2) is 0 Å². The van der Waals surface area contributed by atoms with Crippen LogP contribution in [0, 0.1) is 0 Å². The Kier molecular flexibility index (Phi) is 3.94. The topological polar surface area (TPSA) is 52.6 Å². The van der Waals surface area contributed by atoms with E-state index in [-0.39, 0.29) is 6.42 Å². The van der Waals surface area contributed by atoms with Crippen molar-refractivity contribution < 1.29 is 30.8 Å². The first-order valence-electron chi connectivity index (χ1n) is 2.93. The lowest BCUT2D eigenvalue weighted by Crippen LogP contribution is -2.19. The summed E-state index contributed by atoms with van der Waals surface area (Å²) in [4.78, 5) is 2.66. The van der Waals surface area contributed by atoms with Crippen molar-refractivity contribution in [1.29, 1.82) is 0 Å². The third-order valence-corrected chi connectivity index (χ3v) is 1.87. The average molecular weight is 208 g/mol. The van der Waals surface area contributed by atoms with E-state index in [0.717, 1.165) is 0 Å². The number of halogens is 3. The van der Waals surface area contributed by atoms with Crippen molar-refractivity contribution in [3.05, 3.63) is 0 Å². The molecule has 0 aliphatic heterocycles. The molecule has 0 saturated heterocycles. The molecule has 8 heteroatoms. The zero-order chi connectivity index (χ0) is 9.83. The first kappa shape index (κ1) is 11.7. The molecule has 0 aromatic carbocycles. The van der Waals surface area contributed by atoms with Gasteiger partial charge in [0.1, 0.15) is 0 Å². The molecule has 0 unspecified atom stereocenters. The molecule has 0 aromatic heterocycles. The molecule has 0 radical (unpaired) electrons. The van der Waals surface area contributed by atoms with Crippen LogP contribution in [0.15, 0.2) is 0 Å². The fourth-order valence-electron chi connectivity index (χ4n) is 0.374. The van der Waals surface area contributed by atoms with Gasteiger partial charge in [0.05, 0.1) is 5.75 Å². The monoisotopic (exact) mass is 208 g/mol. The van der Waals surface area contributed by atoms with Crippen LogP contribution in [0.25, 0.3) is 0 Å². The van der Waals surface area contributed by atoms with Crippen molar-refractivity contribution in [1.82, 2.24) is 0 Å². The highest BCUT2D eigenvalue weighted by Gasteiger charge is 2.33. The minimum absolute atomic E-state index is 0.156. The molecule has 0 amide bonds. The molecule has 0 aliphatic carbocycles. The largest absolute Gasteiger partial charge is 0.550 e. The van der Waals surface area contributed by atoms with E-state index in [0.29, 0.717) is 0 Å². The summed E-state index contributed by atoms with van der Waals surface area (Å²) >= 11 is 0. The Bertz CT molecular complexity index is 219. The van der Waals surface area contributed by atoms with E-state index in [1.54, 1.807) is 0 Å². The van der Waals surface area contributed by atoms with E-state index in [1.807, 2.05) is 0 Å². The van der Waals surface area contributed by atoms with E-state index in [1.165, 1.54) is 6.92 Å². The molecule has 0 heterocycles. The van der Waals surface area contributed by atoms with Crippen molar-refractivity contribution in [3.8, 4) is 0 Å². The van der Waals surface area contributed by atoms with Gasteiger partial charge < -0.3 is 0 Å². The van der Waals surface area contributed by atoms with Gasteiger partial charge in [0, 0.05) is 0 Å². The molecule has 0 aliphatic rings. The second-order valence-corrected chi connectivity index (χ2v) is 3.52. The molecular formula is C4H7F3O4S. The third-order valence-electron chi connectivity index (χ3n) is 0.686. The zero-order valence-corrected chi connectivity index (χ0v) is 6.91. The first-order chi connectivity index (χ1) is 5.27. The van der Waals surface area contributed by atoms with Gasteiger partial charge >= 0.3 is 6.36 Å². The summed E-state index contributed by atoms with van der Waals surface area (Å²) in [5.41, 5.74) is 0. The number of hydrogen-bond donors (Lipinski definition) is 0. The van der Waals surface area contributed by atoms with E-state index < -0.39 is 22.2 Å². The molecular weight excluding hydrogens is 201 g/mol. The summed E-state index contributed by atoms with van der Waals surface area (Å²) in [6, 6.07) is 0. The van der Waals surface area contributed by atoms with Gasteiger partial charge in [-0.2, -0.15) is 8.42 Å². The maximum Gasteiger partial charge on any atom is 0.550 e. The Labute approximate surface area is 67.3 Å². The van der Waals surface area contributed by atoms with Crippen LogP contribution in [0.3, 0.4) is 0 Å². The summed E-state index contributed by atoms with van der Waals surface area (Å²) in [7, 11) is -4.21. The molecule has 0 fully saturated rings. The van der Waals surface area contributed by atoms with Gasteiger partial charge in [-0.1, -0.05) is 11.3 Å². The second-order valence-electron chi connectivity index (χ2n) is 1.86. The lowest BCUT2D eigenvalue weighted by atomic mass is 10.6. The molecule has 12 heavy (non-hydrogen) atoms. The highest BCUT2D eigenvalue weighted by molar-refractivity contribution is 7.86. The number of rotatable bonds is 4. The Morgan fingerprint density at radius 3 is 2.17 bits per heavy atom. The van der Waals surface area contributed by atoms with E-state index in [9.17, 15) is 21.6 Å². The van der Waals surface area contributed by atoms with E-state index in [2.05, 4.69) is 9.22 Å². The molecule has 0 N–H and O–H groups in total. The molecule has 74 valence electrons. The SMILES string of the molecule is CCCS(=O)(=O)OOC(F)(F)F.